The van der Waals surface area contributed by atoms with Crippen molar-refractivity contribution in [3.05, 3.63) is 56.2 Å². The SMILES string of the molecule is C[C@H](NCc1ccc(Cl)s1)c1ccccc1Cl. The summed E-state index contributed by atoms with van der Waals surface area (Å²) in [6.07, 6.45) is 0. The molecule has 0 aliphatic heterocycles. The van der Waals surface area contributed by atoms with Gasteiger partial charge in [0.1, 0.15) is 0 Å². The zero-order valence-electron chi connectivity index (χ0n) is 9.41. The van der Waals surface area contributed by atoms with Gasteiger partial charge in [-0.1, -0.05) is 41.4 Å². The van der Waals surface area contributed by atoms with Crippen molar-refractivity contribution in [3.63, 3.8) is 0 Å². The van der Waals surface area contributed by atoms with Crippen molar-refractivity contribution in [1.29, 1.82) is 0 Å². The van der Waals surface area contributed by atoms with Gasteiger partial charge in [0.25, 0.3) is 0 Å². The third-order valence-electron chi connectivity index (χ3n) is 2.58. The van der Waals surface area contributed by atoms with Crippen LogP contribution in [0, 0.1) is 0 Å². The van der Waals surface area contributed by atoms with Gasteiger partial charge in [-0.05, 0) is 30.7 Å². The van der Waals surface area contributed by atoms with Crippen molar-refractivity contribution < 1.29 is 0 Å². The highest BCUT2D eigenvalue weighted by atomic mass is 35.5. The predicted octanol–water partition coefficient (Wildman–Crippen LogP) is 4.91. The highest BCUT2D eigenvalue weighted by Crippen LogP contribution is 2.24. The number of hydrogen-bond acceptors (Lipinski definition) is 2. The maximum Gasteiger partial charge on any atom is 0.0931 e. The van der Waals surface area contributed by atoms with E-state index in [1.165, 1.54) is 4.88 Å². The lowest BCUT2D eigenvalue weighted by Crippen LogP contribution is -2.17. The van der Waals surface area contributed by atoms with Crippen molar-refractivity contribution in [1.82, 2.24) is 5.32 Å². The molecule has 0 radical (unpaired) electrons. The van der Waals surface area contributed by atoms with Crippen LogP contribution >= 0.6 is 34.5 Å². The first kappa shape index (κ1) is 12.9. The minimum atomic E-state index is 0.226. The molecule has 1 aromatic carbocycles. The molecule has 2 rings (SSSR count). The minimum absolute atomic E-state index is 0.226. The number of benzene rings is 1. The van der Waals surface area contributed by atoms with E-state index < -0.39 is 0 Å². The molecule has 4 heteroatoms. The molecule has 1 nitrogen and oxygen atoms in total. The molecule has 0 bridgehead atoms. The van der Waals surface area contributed by atoms with Gasteiger partial charge in [0, 0.05) is 22.5 Å². The van der Waals surface area contributed by atoms with Crippen LogP contribution in [0.5, 0.6) is 0 Å². The van der Waals surface area contributed by atoms with E-state index >= 15 is 0 Å². The summed E-state index contributed by atoms with van der Waals surface area (Å²) in [5, 5.41) is 4.24. The third kappa shape index (κ3) is 3.46. The van der Waals surface area contributed by atoms with Gasteiger partial charge in [-0.2, -0.15) is 0 Å². The van der Waals surface area contributed by atoms with Crippen LogP contribution < -0.4 is 5.32 Å². The lowest BCUT2D eigenvalue weighted by atomic mass is 10.1. The van der Waals surface area contributed by atoms with Gasteiger partial charge >= 0.3 is 0 Å². The molecule has 0 aliphatic carbocycles. The van der Waals surface area contributed by atoms with Crippen LogP contribution in [0.2, 0.25) is 9.36 Å². The molecule has 0 unspecified atom stereocenters. The van der Waals surface area contributed by atoms with Gasteiger partial charge in [-0.25, -0.2) is 0 Å². The molecule has 0 saturated heterocycles. The van der Waals surface area contributed by atoms with Crippen LogP contribution in [0.1, 0.15) is 23.4 Å². The lowest BCUT2D eigenvalue weighted by molar-refractivity contribution is 0.579. The van der Waals surface area contributed by atoms with E-state index in [1.807, 2.05) is 36.4 Å². The normalized spacial score (nSPS) is 12.6. The Bertz CT molecular complexity index is 496. The summed E-state index contributed by atoms with van der Waals surface area (Å²) in [5.74, 6) is 0. The molecule has 1 heterocycles. The van der Waals surface area contributed by atoms with E-state index in [9.17, 15) is 0 Å². The highest BCUT2D eigenvalue weighted by molar-refractivity contribution is 7.16. The van der Waals surface area contributed by atoms with Gasteiger partial charge in [0.05, 0.1) is 4.34 Å². The summed E-state index contributed by atoms with van der Waals surface area (Å²) in [5.41, 5.74) is 1.12. The van der Waals surface area contributed by atoms with Crippen LogP contribution in [-0.4, -0.2) is 0 Å². The quantitative estimate of drug-likeness (QED) is 0.842. The van der Waals surface area contributed by atoms with E-state index in [0.29, 0.717) is 0 Å². The summed E-state index contributed by atoms with van der Waals surface area (Å²) in [7, 11) is 0. The Kier molecular flexibility index (Phi) is 4.46. The second kappa shape index (κ2) is 5.87. The molecular weight excluding hydrogens is 273 g/mol. The summed E-state index contributed by atoms with van der Waals surface area (Å²) in [4.78, 5) is 1.23. The molecule has 0 amide bonds. The van der Waals surface area contributed by atoms with Gasteiger partial charge in [0.2, 0.25) is 0 Å². The predicted molar refractivity (Wildman–Crippen MR) is 76.0 cm³/mol. The van der Waals surface area contributed by atoms with Crippen molar-refractivity contribution in [3.8, 4) is 0 Å². The molecule has 2 aromatic rings. The van der Waals surface area contributed by atoms with Crippen molar-refractivity contribution in [2.24, 2.45) is 0 Å². The number of hydrogen-bond donors (Lipinski definition) is 1. The maximum atomic E-state index is 6.15. The van der Waals surface area contributed by atoms with E-state index in [4.69, 9.17) is 23.2 Å². The number of halogens is 2. The Hall–Kier alpha value is -0.540. The number of nitrogens with one attached hydrogen (secondary N) is 1. The lowest BCUT2D eigenvalue weighted by Gasteiger charge is -2.14. The van der Waals surface area contributed by atoms with Crippen LogP contribution in [0.3, 0.4) is 0 Å². The molecule has 0 saturated carbocycles. The summed E-state index contributed by atoms with van der Waals surface area (Å²) in [6, 6.07) is 12.1. The van der Waals surface area contributed by atoms with E-state index in [1.54, 1.807) is 11.3 Å². The molecule has 90 valence electrons. The summed E-state index contributed by atoms with van der Waals surface area (Å²) in [6.45, 7) is 2.92. The molecule has 1 atom stereocenters. The van der Waals surface area contributed by atoms with Crippen molar-refractivity contribution in [2.45, 2.75) is 19.5 Å². The fraction of sp³-hybridized carbons (Fsp3) is 0.231. The van der Waals surface area contributed by atoms with Crippen LogP contribution in [0.25, 0.3) is 0 Å². The molecule has 0 aliphatic rings. The van der Waals surface area contributed by atoms with Gasteiger partial charge < -0.3 is 5.32 Å². The standard InChI is InChI=1S/C13H13Cl2NS/c1-9(11-4-2-3-5-12(11)14)16-8-10-6-7-13(15)17-10/h2-7,9,16H,8H2,1H3/t9-/m0/s1. The Balaban J connectivity index is 1.98. The molecule has 1 N–H and O–H groups in total. The van der Waals surface area contributed by atoms with Crippen LogP contribution in [0.4, 0.5) is 0 Å². The van der Waals surface area contributed by atoms with Crippen molar-refractivity contribution >= 4 is 34.5 Å². The zero-order chi connectivity index (χ0) is 12.3. The van der Waals surface area contributed by atoms with Crippen LogP contribution in [0.15, 0.2) is 36.4 Å². The van der Waals surface area contributed by atoms with Gasteiger partial charge in [-0.3, -0.25) is 0 Å². The monoisotopic (exact) mass is 285 g/mol. The van der Waals surface area contributed by atoms with Crippen molar-refractivity contribution in [2.75, 3.05) is 0 Å². The average Bonchev–Trinajstić information content (AvgIpc) is 2.73. The minimum Gasteiger partial charge on any atom is -0.305 e. The fourth-order valence-corrected chi connectivity index (χ4v) is 2.97. The van der Waals surface area contributed by atoms with Gasteiger partial charge in [-0.15, -0.1) is 11.3 Å². The van der Waals surface area contributed by atoms with E-state index in [0.717, 1.165) is 21.5 Å². The zero-order valence-corrected chi connectivity index (χ0v) is 11.7. The largest absolute Gasteiger partial charge is 0.305 e. The second-order valence-corrected chi connectivity index (χ2v) is 6.04. The van der Waals surface area contributed by atoms with E-state index in [-0.39, 0.29) is 6.04 Å². The molecular formula is C13H13Cl2NS. The average molecular weight is 286 g/mol. The molecule has 0 fully saturated rings. The number of rotatable bonds is 4. The third-order valence-corrected chi connectivity index (χ3v) is 4.16. The summed E-state index contributed by atoms with van der Waals surface area (Å²) >= 11 is 13.6. The van der Waals surface area contributed by atoms with Crippen LogP contribution in [-0.2, 0) is 6.54 Å². The van der Waals surface area contributed by atoms with E-state index in [2.05, 4.69) is 12.2 Å². The molecule has 0 spiro atoms. The fourth-order valence-electron chi connectivity index (χ4n) is 1.64. The molecule has 17 heavy (non-hydrogen) atoms. The topological polar surface area (TPSA) is 12.0 Å². The molecule has 1 aromatic heterocycles. The smallest absolute Gasteiger partial charge is 0.0931 e. The van der Waals surface area contributed by atoms with Gasteiger partial charge in [0.15, 0.2) is 0 Å². The summed E-state index contributed by atoms with van der Waals surface area (Å²) < 4.78 is 0.826. The second-order valence-electron chi connectivity index (χ2n) is 3.83. The Labute approximate surface area is 115 Å². The first-order valence-electron chi connectivity index (χ1n) is 5.39. The maximum absolute atomic E-state index is 6.15. The Morgan fingerprint density at radius 3 is 2.59 bits per heavy atom. The Morgan fingerprint density at radius 1 is 1.18 bits per heavy atom. The Morgan fingerprint density at radius 2 is 1.94 bits per heavy atom. The first-order chi connectivity index (χ1) is 8.16. The number of thiophene rings is 1. The highest BCUT2D eigenvalue weighted by Gasteiger charge is 2.08. The first-order valence-corrected chi connectivity index (χ1v) is 6.96.